The molecule has 0 aromatic heterocycles. The van der Waals surface area contributed by atoms with Crippen molar-refractivity contribution in [3.63, 3.8) is 0 Å². The minimum atomic E-state index is -0.320. The number of nitrogen functional groups attached to an aromatic ring is 1. The fourth-order valence-electron chi connectivity index (χ4n) is 1.24. The van der Waals surface area contributed by atoms with Crippen LogP contribution in [0.1, 0.15) is 18.1 Å². The van der Waals surface area contributed by atoms with Crippen LogP contribution in [0, 0.1) is 12.7 Å². The van der Waals surface area contributed by atoms with Crippen LogP contribution in [0.5, 0.6) is 0 Å². The lowest BCUT2D eigenvalue weighted by Crippen LogP contribution is -2.19. The molecule has 1 aromatic rings. The van der Waals surface area contributed by atoms with Crippen molar-refractivity contribution < 1.29 is 9.18 Å². The predicted molar refractivity (Wildman–Crippen MR) is 63.3 cm³/mol. The quantitative estimate of drug-likeness (QED) is 0.767. The highest BCUT2D eigenvalue weighted by molar-refractivity contribution is 5.73. The first-order valence-corrected chi connectivity index (χ1v) is 4.98. The van der Waals surface area contributed by atoms with E-state index in [1.807, 2.05) is 0 Å². The number of benzene rings is 1. The van der Waals surface area contributed by atoms with Gasteiger partial charge in [-0.15, -0.1) is 0 Å². The maximum Gasteiger partial charge on any atom is 0.217 e. The van der Waals surface area contributed by atoms with Gasteiger partial charge in [0.2, 0.25) is 5.91 Å². The van der Waals surface area contributed by atoms with Crippen molar-refractivity contribution in [2.45, 2.75) is 13.8 Å². The fraction of sp³-hybridized carbons (Fsp3) is 0.250. The molecule has 3 N–H and O–H groups in total. The minimum absolute atomic E-state index is 0.112. The molecule has 0 aliphatic carbocycles. The van der Waals surface area contributed by atoms with Crippen LogP contribution in [0.4, 0.5) is 10.1 Å². The second-order valence-corrected chi connectivity index (χ2v) is 3.52. The van der Waals surface area contributed by atoms with Crippen molar-refractivity contribution >= 4 is 17.7 Å². The van der Waals surface area contributed by atoms with E-state index in [9.17, 15) is 9.18 Å². The molecule has 0 saturated heterocycles. The lowest BCUT2D eigenvalue weighted by atomic mass is 10.1. The third kappa shape index (κ3) is 3.08. The third-order valence-corrected chi connectivity index (χ3v) is 2.22. The van der Waals surface area contributed by atoms with Crippen LogP contribution in [0.3, 0.4) is 0 Å². The number of anilines is 1. The molecule has 0 radical (unpaired) electrons. The summed E-state index contributed by atoms with van der Waals surface area (Å²) in [5, 5.41) is 2.59. The molecule has 0 saturated carbocycles. The Balaban J connectivity index is 2.74. The van der Waals surface area contributed by atoms with E-state index in [1.165, 1.54) is 6.92 Å². The number of nitrogens with one attached hydrogen (secondary N) is 1. The molecule has 0 spiro atoms. The van der Waals surface area contributed by atoms with Crippen LogP contribution in [-0.4, -0.2) is 12.5 Å². The maximum absolute atomic E-state index is 13.6. The third-order valence-electron chi connectivity index (χ3n) is 2.22. The van der Waals surface area contributed by atoms with Crippen LogP contribution in [0.25, 0.3) is 6.08 Å². The normalized spacial score (nSPS) is 10.7. The molecule has 0 atom stereocenters. The van der Waals surface area contributed by atoms with Crippen LogP contribution in [0.15, 0.2) is 18.2 Å². The summed E-state index contributed by atoms with van der Waals surface area (Å²) in [6.07, 6.45) is 3.31. The van der Waals surface area contributed by atoms with Gasteiger partial charge < -0.3 is 11.1 Å². The number of hydrogen-bond donors (Lipinski definition) is 2. The first-order chi connectivity index (χ1) is 7.52. The van der Waals surface area contributed by atoms with Gasteiger partial charge in [0.05, 0.1) is 0 Å². The molecule has 16 heavy (non-hydrogen) atoms. The van der Waals surface area contributed by atoms with Gasteiger partial charge in [-0.25, -0.2) is 4.39 Å². The standard InChI is InChI=1S/C12H15FN2O/c1-8-11(14)6-5-10(12(8)13)4-3-7-15-9(2)16/h3-6H,7,14H2,1-2H3,(H,15,16). The van der Waals surface area contributed by atoms with Gasteiger partial charge >= 0.3 is 0 Å². The number of halogens is 1. The number of nitrogens with two attached hydrogens (primary N) is 1. The summed E-state index contributed by atoms with van der Waals surface area (Å²) in [6.45, 7) is 3.45. The maximum atomic E-state index is 13.6. The van der Waals surface area contributed by atoms with Crippen LogP contribution in [-0.2, 0) is 4.79 Å². The molecule has 1 rings (SSSR count). The highest BCUT2D eigenvalue weighted by Gasteiger charge is 2.04. The molecular formula is C12H15FN2O. The molecule has 0 bridgehead atoms. The molecule has 3 nitrogen and oxygen atoms in total. The van der Waals surface area contributed by atoms with E-state index in [1.54, 1.807) is 31.2 Å². The number of hydrogen-bond acceptors (Lipinski definition) is 2. The molecular weight excluding hydrogens is 207 g/mol. The smallest absolute Gasteiger partial charge is 0.217 e. The average Bonchev–Trinajstić information content (AvgIpc) is 2.23. The highest BCUT2D eigenvalue weighted by Crippen LogP contribution is 2.19. The Hall–Kier alpha value is -1.84. The Kier molecular flexibility index (Phi) is 4.05. The van der Waals surface area contributed by atoms with Crippen LogP contribution in [0.2, 0.25) is 0 Å². The van der Waals surface area contributed by atoms with Crippen molar-refractivity contribution in [1.82, 2.24) is 5.32 Å². The van der Waals surface area contributed by atoms with Crippen molar-refractivity contribution in [3.8, 4) is 0 Å². The van der Waals surface area contributed by atoms with E-state index in [4.69, 9.17) is 5.73 Å². The zero-order valence-electron chi connectivity index (χ0n) is 9.38. The van der Waals surface area contributed by atoms with Crippen LogP contribution >= 0.6 is 0 Å². The van der Waals surface area contributed by atoms with Crippen molar-refractivity contribution in [2.24, 2.45) is 0 Å². The number of carbonyl (C=O) groups excluding carboxylic acids is 1. The molecule has 1 amide bonds. The summed E-state index contributed by atoms with van der Waals surface area (Å²) in [5.41, 5.74) is 6.92. The van der Waals surface area contributed by atoms with E-state index < -0.39 is 0 Å². The Morgan fingerprint density at radius 1 is 1.56 bits per heavy atom. The molecule has 0 aliphatic heterocycles. The zero-order valence-corrected chi connectivity index (χ0v) is 9.38. The van der Waals surface area contributed by atoms with Crippen molar-refractivity contribution in [1.29, 1.82) is 0 Å². The van der Waals surface area contributed by atoms with Crippen LogP contribution < -0.4 is 11.1 Å². The summed E-state index contributed by atoms with van der Waals surface area (Å²) in [4.78, 5) is 10.6. The van der Waals surface area contributed by atoms with Gasteiger partial charge in [0.1, 0.15) is 5.82 Å². The van der Waals surface area contributed by atoms with E-state index >= 15 is 0 Å². The molecule has 1 aromatic carbocycles. The average molecular weight is 222 g/mol. The molecule has 0 aliphatic rings. The number of carbonyl (C=O) groups is 1. The van der Waals surface area contributed by atoms with Crippen molar-refractivity contribution in [2.75, 3.05) is 12.3 Å². The zero-order chi connectivity index (χ0) is 12.1. The largest absolute Gasteiger partial charge is 0.398 e. The minimum Gasteiger partial charge on any atom is -0.398 e. The molecule has 0 unspecified atom stereocenters. The number of rotatable bonds is 3. The summed E-state index contributed by atoms with van der Waals surface area (Å²) < 4.78 is 13.6. The molecule has 4 heteroatoms. The Morgan fingerprint density at radius 3 is 2.88 bits per heavy atom. The summed E-state index contributed by atoms with van der Waals surface area (Å²) >= 11 is 0. The lowest BCUT2D eigenvalue weighted by molar-refractivity contribution is -0.118. The fourth-order valence-corrected chi connectivity index (χ4v) is 1.24. The van der Waals surface area contributed by atoms with E-state index in [0.717, 1.165) is 0 Å². The SMILES string of the molecule is CC(=O)NCC=Cc1ccc(N)c(C)c1F. The predicted octanol–water partition coefficient (Wildman–Crippen LogP) is 1.87. The molecule has 0 fully saturated rings. The molecule has 0 heterocycles. The first-order valence-electron chi connectivity index (χ1n) is 4.98. The second-order valence-electron chi connectivity index (χ2n) is 3.52. The summed E-state index contributed by atoms with van der Waals surface area (Å²) in [5.74, 6) is -0.433. The highest BCUT2D eigenvalue weighted by atomic mass is 19.1. The number of amides is 1. The van der Waals surface area contributed by atoms with Gasteiger partial charge in [-0.2, -0.15) is 0 Å². The second kappa shape index (κ2) is 5.30. The summed E-state index contributed by atoms with van der Waals surface area (Å²) in [7, 11) is 0. The molecule has 86 valence electrons. The van der Waals surface area contributed by atoms with E-state index in [-0.39, 0.29) is 11.7 Å². The van der Waals surface area contributed by atoms with Gasteiger partial charge in [-0.1, -0.05) is 12.2 Å². The Morgan fingerprint density at radius 2 is 2.25 bits per heavy atom. The van der Waals surface area contributed by atoms with Gasteiger partial charge in [0.25, 0.3) is 0 Å². The van der Waals surface area contributed by atoms with E-state index in [2.05, 4.69) is 5.32 Å². The van der Waals surface area contributed by atoms with Gasteiger partial charge in [-0.05, 0) is 19.1 Å². The Labute approximate surface area is 94.1 Å². The van der Waals surface area contributed by atoms with Gasteiger partial charge in [-0.3, -0.25) is 4.79 Å². The topological polar surface area (TPSA) is 55.1 Å². The van der Waals surface area contributed by atoms with Gasteiger partial charge in [0.15, 0.2) is 0 Å². The lowest BCUT2D eigenvalue weighted by Gasteiger charge is -2.04. The van der Waals surface area contributed by atoms with E-state index in [0.29, 0.717) is 23.4 Å². The summed E-state index contributed by atoms with van der Waals surface area (Å²) in [6, 6.07) is 3.28. The first kappa shape index (κ1) is 12.2. The Bertz CT molecular complexity index is 427. The van der Waals surface area contributed by atoms with Crippen molar-refractivity contribution in [3.05, 3.63) is 35.2 Å². The van der Waals surface area contributed by atoms with Gasteiger partial charge in [0, 0.05) is 30.3 Å². The monoisotopic (exact) mass is 222 g/mol.